The highest BCUT2D eigenvalue weighted by Crippen LogP contribution is 2.47. The number of para-hydroxylation sites is 1. The smallest absolute Gasteiger partial charge is 0.137 e. The Labute approximate surface area is 360 Å². The maximum absolute atomic E-state index is 6.42. The Kier molecular flexibility index (Phi) is 8.53. The molecular weight excluding hydrogens is 751 g/mol. The lowest BCUT2D eigenvalue weighted by atomic mass is 9.84. The van der Waals surface area contributed by atoms with E-state index in [-0.39, 0.29) is 0 Å². The molecule has 290 valence electrons. The zero-order chi connectivity index (χ0) is 41.0. The van der Waals surface area contributed by atoms with Gasteiger partial charge in [0.25, 0.3) is 0 Å². The maximum Gasteiger partial charge on any atom is 0.137 e. The van der Waals surface area contributed by atoms with Gasteiger partial charge in [0.1, 0.15) is 11.2 Å². The molecule has 2 nitrogen and oxygen atoms in total. The summed E-state index contributed by atoms with van der Waals surface area (Å²) in [6.45, 7) is 0. The van der Waals surface area contributed by atoms with Crippen LogP contribution in [0.4, 0.5) is 17.1 Å². The van der Waals surface area contributed by atoms with Gasteiger partial charge in [-0.25, -0.2) is 0 Å². The minimum Gasteiger partial charge on any atom is -0.456 e. The number of fused-ring (bicyclic) bond motifs is 7. The van der Waals surface area contributed by atoms with E-state index in [2.05, 4.69) is 235 Å². The molecule has 2 heteroatoms. The largest absolute Gasteiger partial charge is 0.456 e. The molecule has 0 aliphatic rings. The molecule has 0 aliphatic heterocycles. The van der Waals surface area contributed by atoms with Gasteiger partial charge < -0.3 is 9.32 Å². The van der Waals surface area contributed by atoms with Gasteiger partial charge in [-0.3, -0.25) is 0 Å². The van der Waals surface area contributed by atoms with E-state index in [1.54, 1.807) is 0 Å². The summed E-state index contributed by atoms with van der Waals surface area (Å²) in [4.78, 5) is 2.37. The van der Waals surface area contributed by atoms with Crippen molar-refractivity contribution in [3.8, 4) is 44.5 Å². The summed E-state index contributed by atoms with van der Waals surface area (Å²) in [6.07, 6.45) is 0. The first-order chi connectivity index (χ1) is 30.7. The Balaban J connectivity index is 1.01. The molecule has 12 rings (SSSR count). The predicted octanol–water partition coefficient (Wildman–Crippen LogP) is 17.2. The standard InChI is InChI=1S/C60H39NO/c1-3-15-43(16-4-1)58-52-21-10-9-20-50(52)51-37-32-47(39-54(51)59(58)44-17-5-2-6-18-44)42-30-35-49(36-31-42)61(55-23-13-25-57-60(55)53-22-11-12-24-56(53)62-57)48-33-28-41(29-34-48)46-27-26-40-14-7-8-19-45(40)38-46/h1-39H. The number of benzene rings is 11. The van der Waals surface area contributed by atoms with Crippen LogP contribution in [0.1, 0.15) is 0 Å². The van der Waals surface area contributed by atoms with Crippen molar-refractivity contribution in [2.75, 3.05) is 4.90 Å². The maximum atomic E-state index is 6.42. The summed E-state index contributed by atoms with van der Waals surface area (Å²) in [5.41, 5.74) is 14.6. The molecule has 0 N–H and O–H groups in total. The molecule has 0 radical (unpaired) electrons. The Morgan fingerprint density at radius 3 is 1.47 bits per heavy atom. The second-order valence-electron chi connectivity index (χ2n) is 16.0. The Hall–Kier alpha value is -8.20. The fourth-order valence-corrected chi connectivity index (χ4v) is 9.52. The van der Waals surface area contributed by atoms with Gasteiger partial charge in [0.2, 0.25) is 0 Å². The van der Waals surface area contributed by atoms with E-state index < -0.39 is 0 Å². The first kappa shape index (κ1) is 35.7. The fourth-order valence-electron chi connectivity index (χ4n) is 9.52. The van der Waals surface area contributed by atoms with Gasteiger partial charge in [-0.05, 0) is 131 Å². The Morgan fingerprint density at radius 2 is 0.774 bits per heavy atom. The van der Waals surface area contributed by atoms with Gasteiger partial charge in [0.15, 0.2) is 0 Å². The summed E-state index contributed by atoms with van der Waals surface area (Å²) >= 11 is 0. The van der Waals surface area contributed by atoms with E-state index in [0.29, 0.717) is 0 Å². The van der Waals surface area contributed by atoms with Crippen LogP contribution in [0, 0.1) is 0 Å². The van der Waals surface area contributed by atoms with Crippen molar-refractivity contribution < 1.29 is 4.42 Å². The predicted molar refractivity (Wildman–Crippen MR) is 263 cm³/mol. The quantitative estimate of drug-likeness (QED) is 0.150. The summed E-state index contributed by atoms with van der Waals surface area (Å²) in [5, 5.41) is 9.67. The average molecular weight is 790 g/mol. The van der Waals surface area contributed by atoms with Crippen molar-refractivity contribution >= 4 is 71.3 Å². The van der Waals surface area contributed by atoms with Crippen molar-refractivity contribution in [2.45, 2.75) is 0 Å². The normalized spacial score (nSPS) is 11.5. The third-order valence-corrected chi connectivity index (χ3v) is 12.4. The van der Waals surface area contributed by atoms with Gasteiger partial charge in [0, 0.05) is 16.8 Å². The van der Waals surface area contributed by atoms with Crippen molar-refractivity contribution in [3.05, 3.63) is 237 Å². The molecular formula is C60H39NO. The van der Waals surface area contributed by atoms with Gasteiger partial charge in [-0.15, -0.1) is 0 Å². The molecule has 12 aromatic rings. The minimum atomic E-state index is 0.867. The van der Waals surface area contributed by atoms with E-state index in [4.69, 9.17) is 4.42 Å². The van der Waals surface area contributed by atoms with Crippen LogP contribution in [0.2, 0.25) is 0 Å². The SMILES string of the molecule is c1ccc(-c2c(-c3ccccc3)c3cc(-c4ccc(N(c5ccc(-c6ccc7ccccc7c6)cc5)c5cccc6oc7ccccc7c56)cc4)ccc3c3ccccc23)cc1. The molecule has 1 aromatic heterocycles. The van der Waals surface area contributed by atoms with Gasteiger partial charge in [0.05, 0.1) is 11.1 Å². The van der Waals surface area contributed by atoms with Crippen LogP contribution in [0.15, 0.2) is 241 Å². The molecule has 0 spiro atoms. The number of furan rings is 1. The van der Waals surface area contributed by atoms with E-state index in [1.807, 2.05) is 6.07 Å². The zero-order valence-corrected chi connectivity index (χ0v) is 33.9. The lowest BCUT2D eigenvalue weighted by Gasteiger charge is -2.26. The molecule has 62 heavy (non-hydrogen) atoms. The van der Waals surface area contributed by atoms with Crippen LogP contribution in [0.3, 0.4) is 0 Å². The van der Waals surface area contributed by atoms with Gasteiger partial charge in [-0.1, -0.05) is 182 Å². The van der Waals surface area contributed by atoms with Crippen molar-refractivity contribution in [1.82, 2.24) is 0 Å². The van der Waals surface area contributed by atoms with Gasteiger partial charge in [-0.2, -0.15) is 0 Å². The topological polar surface area (TPSA) is 16.4 Å². The highest BCUT2D eigenvalue weighted by molar-refractivity contribution is 6.22. The molecule has 0 aliphatic carbocycles. The van der Waals surface area contributed by atoms with E-state index >= 15 is 0 Å². The monoisotopic (exact) mass is 789 g/mol. The third-order valence-electron chi connectivity index (χ3n) is 12.4. The molecule has 0 unspecified atom stereocenters. The average Bonchev–Trinajstić information content (AvgIpc) is 3.74. The number of nitrogens with zero attached hydrogens (tertiary/aromatic N) is 1. The minimum absolute atomic E-state index is 0.867. The van der Waals surface area contributed by atoms with Crippen LogP contribution >= 0.6 is 0 Å². The van der Waals surface area contributed by atoms with Crippen molar-refractivity contribution in [1.29, 1.82) is 0 Å². The highest BCUT2D eigenvalue weighted by Gasteiger charge is 2.21. The molecule has 0 atom stereocenters. The lowest BCUT2D eigenvalue weighted by molar-refractivity contribution is 0.669. The summed E-state index contributed by atoms with van der Waals surface area (Å²) < 4.78 is 6.42. The van der Waals surface area contributed by atoms with Crippen LogP contribution in [0.5, 0.6) is 0 Å². The van der Waals surface area contributed by atoms with Gasteiger partial charge >= 0.3 is 0 Å². The number of rotatable bonds is 7. The number of anilines is 3. The molecule has 0 saturated heterocycles. The summed E-state index contributed by atoms with van der Waals surface area (Å²) in [5.74, 6) is 0. The molecule has 11 aromatic carbocycles. The highest BCUT2D eigenvalue weighted by atomic mass is 16.3. The summed E-state index contributed by atoms with van der Waals surface area (Å²) in [7, 11) is 0. The van der Waals surface area contributed by atoms with E-state index in [1.165, 1.54) is 71.3 Å². The third kappa shape index (κ3) is 6.04. The number of hydrogen-bond donors (Lipinski definition) is 0. The number of hydrogen-bond acceptors (Lipinski definition) is 2. The first-order valence-corrected chi connectivity index (χ1v) is 21.2. The van der Waals surface area contributed by atoms with Crippen LogP contribution in [-0.4, -0.2) is 0 Å². The van der Waals surface area contributed by atoms with Crippen molar-refractivity contribution in [2.24, 2.45) is 0 Å². The second kappa shape index (κ2) is 14.8. The summed E-state index contributed by atoms with van der Waals surface area (Å²) in [6, 6.07) is 85.5. The molecule has 0 bridgehead atoms. The van der Waals surface area contributed by atoms with Crippen LogP contribution < -0.4 is 4.90 Å². The second-order valence-corrected chi connectivity index (χ2v) is 16.0. The fraction of sp³-hybridized carbons (Fsp3) is 0. The Bertz CT molecular complexity index is 3610. The van der Waals surface area contributed by atoms with Crippen LogP contribution in [-0.2, 0) is 0 Å². The van der Waals surface area contributed by atoms with E-state index in [0.717, 1.165) is 44.6 Å². The molecule has 0 saturated carbocycles. The molecule has 0 amide bonds. The Morgan fingerprint density at radius 1 is 0.274 bits per heavy atom. The van der Waals surface area contributed by atoms with E-state index in [9.17, 15) is 0 Å². The van der Waals surface area contributed by atoms with Crippen LogP contribution in [0.25, 0.3) is 98.8 Å². The molecule has 1 heterocycles. The molecule has 0 fully saturated rings. The lowest BCUT2D eigenvalue weighted by Crippen LogP contribution is -2.10. The zero-order valence-electron chi connectivity index (χ0n) is 33.9. The first-order valence-electron chi connectivity index (χ1n) is 21.2. The van der Waals surface area contributed by atoms with Crippen molar-refractivity contribution in [3.63, 3.8) is 0 Å².